The molecule has 5 heteroatoms. The molecule has 1 atom stereocenters. The molecule has 2 heterocycles. The van der Waals surface area contributed by atoms with Crippen molar-refractivity contribution < 1.29 is 4.52 Å². The Kier molecular flexibility index (Phi) is 6.01. The molecular weight excluding hydrogens is 336 g/mol. The molecular formula is C22H28N4O. The standard InChI is InChI=1S/C22H28N4O/c1-15(2)12-17-6-8-18(9-7-17)16(3)22-24-21(25-27-22)19-10-11-20(23-13-19)14-26(4)5/h6-11,13,15-16H,12,14H2,1-5H3. The van der Waals surface area contributed by atoms with Crippen LogP contribution in [0.25, 0.3) is 11.4 Å². The number of hydrogen-bond donors (Lipinski definition) is 0. The summed E-state index contributed by atoms with van der Waals surface area (Å²) in [4.78, 5) is 11.2. The van der Waals surface area contributed by atoms with E-state index in [-0.39, 0.29) is 5.92 Å². The van der Waals surface area contributed by atoms with Crippen molar-refractivity contribution in [2.24, 2.45) is 5.92 Å². The second kappa shape index (κ2) is 8.44. The van der Waals surface area contributed by atoms with Crippen molar-refractivity contribution in [2.75, 3.05) is 14.1 Å². The van der Waals surface area contributed by atoms with E-state index in [0.717, 1.165) is 24.2 Å². The molecule has 0 saturated carbocycles. The van der Waals surface area contributed by atoms with Crippen LogP contribution in [-0.4, -0.2) is 34.1 Å². The van der Waals surface area contributed by atoms with E-state index in [1.807, 2.05) is 26.2 Å². The summed E-state index contributed by atoms with van der Waals surface area (Å²) in [6.07, 6.45) is 2.90. The lowest BCUT2D eigenvalue weighted by Crippen LogP contribution is -2.11. The highest BCUT2D eigenvalue weighted by atomic mass is 16.5. The Morgan fingerprint density at radius 1 is 1.00 bits per heavy atom. The molecule has 142 valence electrons. The monoisotopic (exact) mass is 364 g/mol. The molecule has 0 amide bonds. The van der Waals surface area contributed by atoms with E-state index in [1.165, 1.54) is 11.1 Å². The van der Waals surface area contributed by atoms with Crippen molar-refractivity contribution in [1.29, 1.82) is 0 Å². The van der Waals surface area contributed by atoms with Gasteiger partial charge in [-0.3, -0.25) is 4.98 Å². The summed E-state index contributed by atoms with van der Waals surface area (Å²) in [5, 5.41) is 4.14. The van der Waals surface area contributed by atoms with E-state index in [0.29, 0.717) is 17.6 Å². The van der Waals surface area contributed by atoms with Gasteiger partial charge in [-0.25, -0.2) is 0 Å². The first-order valence-corrected chi connectivity index (χ1v) is 9.45. The van der Waals surface area contributed by atoms with Gasteiger partial charge in [0.25, 0.3) is 0 Å². The van der Waals surface area contributed by atoms with E-state index in [2.05, 4.69) is 65.1 Å². The molecule has 3 rings (SSSR count). The highest BCUT2D eigenvalue weighted by molar-refractivity contribution is 5.52. The molecule has 5 nitrogen and oxygen atoms in total. The first-order valence-electron chi connectivity index (χ1n) is 9.45. The van der Waals surface area contributed by atoms with Crippen molar-refractivity contribution in [1.82, 2.24) is 20.0 Å². The molecule has 0 fully saturated rings. The van der Waals surface area contributed by atoms with Gasteiger partial charge in [0.2, 0.25) is 11.7 Å². The smallest absolute Gasteiger partial charge is 0.234 e. The van der Waals surface area contributed by atoms with Gasteiger partial charge in [0.05, 0.1) is 11.6 Å². The summed E-state index contributed by atoms with van der Waals surface area (Å²) in [6, 6.07) is 12.7. The number of hydrogen-bond acceptors (Lipinski definition) is 5. The number of pyridine rings is 1. The van der Waals surface area contributed by atoms with Crippen LogP contribution in [0.5, 0.6) is 0 Å². The second-order valence-corrected chi connectivity index (χ2v) is 7.79. The molecule has 1 aromatic carbocycles. The Morgan fingerprint density at radius 3 is 2.33 bits per heavy atom. The lowest BCUT2D eigenvalue weighted by molar-refractivity contribution is 0.371. The number of benzene rings is 1. The summed E-state index contributed by atoms with van der Waals surface area (Å²) in [7, 11) is 4.05. The third-order valence-electron chi connectivity index (χ3n) is 4.50. The average Bonchev–Trinajstić information content (AvgIpc) is 3.11. The SMILES string of the molecule is CC(C)Cc1ccc(C(C)c2nc(-c3ccc(CN(C)C)nc3)no2)cc1. The molecule has 0 N–H and O–H groups in total. The van der Waals surface area contributed by atoms with Crippen LogP contribution in [0.1, 0.15) is 49.4 Å². The van der Waals surface area contributed by atoms with Crippen LogP contribution in [0, 0.1) is 5.92 Å². The zero-order valence-corrected chi connectivity index (χ0v) is 16.8. The average molecular weight is 364 g/mol. The Hall–Kier alpha value is -2.53. The summed E-state index contributed by atoms with van der Waals surface area (Å²) in [5.41, 5.74) is 4.42. The molecule has 3 aromatic rings. The van der Waals surface area contributed by atoms with Crippen molar-refractivity contribution in [3.63, 3.8) is 0 Å². The van der Waals surface area contributed by atoms with Gasteiger partial charge in [0.15, 0.2) is 0 Å². The molecule has 1 unspecified atom stereocenters. The minimum Gasteiger partial charge on any atom is -0.338 e. The summed E-state index contributed by atoms with van der Waals surface area (Å²) >= 11 is 0. The van der Waals surface area contributed by atoms with Gasteiger partial charge in [0, 0.05) is 18.3 Å². The van der Waals surface area contributed by atoms with Gasteiger partial charge >= 0.3 is 0 Å². The van der Waals surface area contributed by atoms with Crippen LogP contribution < -0.4 is 0 Å². The summed E-state index contributed by atoms with van der Waals surface area (Å²) in [6.45, 7) is 7.37. The van der Waals surface area contributed by atoms with Gasteiger partial charge in [-0.1, -0.05) is 43.3 Å². The van der Waals surface area contributed by atoms with Crippen molar-refractivity contribution >= 4 is 0 Å². The van der Waals surface area contributed by atoms with Crippen LogP contribution in [0.2, 0.25) is 0 Å². The van der Waals surface area contributed by atoms with Crippen LogP contribution >= 0.6 is 0 Å². The topological polar surface area (TPSA) is 55.1 Å². The van der Waals surface area contributed by atoms with Gasteiger partial charge in [-0.15, -0.1) is 0 Å². The molecule has 0 aliphatic heterocycles. The van der Waals surface area contributed by atoms with Crippen LogP contribution in [0.4, 0.5) is 0 Å². The summed E-state index contributed by atoms with van der Waals surface area (Å²) < 4.78 is 5.53. The maximum atomic E-state index is 5.53. The predicted molar refractivity (Wildman–Crippen MR) is 107 cm³/mol. The number of nitrogens with zero attached hydrogens (tertiary/aromatic N) is 4. The van der Waals surface area contributed by atoms with Crippen LogP contribution in [-0.2, 0) is 13.0 Å². The fraction of sp³-hybridized carbons (Fsp3) is 0.409. The molecule has 0 saturated heterocycles. The first kappa shape index (κ1) is 19.2. The maximum Gasteiger partial charge on any atom is 0.234 e. The predicted octanol–water partition coefficient (Wildman–Crippen LogP) is 4.54. The van der Waals surface area contributed by atoms with Crippen molar-refractivity contribution in [3.8, 4) is 11.4 Å². The second-order valence-electron chi connectivity index (χ2n) is 7.79. The first-order chi connectivity index (χ1) is 12.9. The molecule has 0 aliphatic carbocycles. The largest absolute Gasteiger partial charge is 0.338 e. The van der Waals surface area contributed by atoms with Gasteiger partial charge in [0.1, 0.15) is 0 Å². The van der Waals surface area contributed by atoms with Crippen LogP contribution in [0.15, 0.2) is 47.1 Å². The highest BCUT2D eigenvalue weighted by Crippen LogP contribution is 2.25. The quantitative estimate of drug-likeness (QED) is 0.616. The molecule has 0 spiro atoms. The maximum absolute atomic E-state index is 5.53. The Labute approximate surface area is 161 Å². The molecule has 0 aliphatic rings. The Bertz CT molecular complexity index is 851. The molecule has 27 heavy (non-hydrogen) atoms. The third kappa shape index (κ3) is 5.01. The van der Waals surface area contributed by atoms with E-state index >= 15 is 0 Å². The van der Waals surface area contributed by atoms with Gasteiger partial charge < -0.3 is 9.42 Å². The zero-order chi connectivity index (χ0) is 19.4. The van der Waals surface area contributed by atoms with Crippen LogP contribution in [0.3, 0.4) is 0 Å². The zero-order valence-electron chi connectivity index (χ0n) is 16.8. The number of rotatable bonds is 7. The normalized spacial score (nSPS) is 12.7. The number of aromatic nitrogens is 3. The third-order valence-corrected chi connectivity index (χ3v) is 4.50. The lowest BCUT2D eigenvalue weighted by Gasteiger charge is -2.09. The molecule has 2 aromatic heterocycles. The fourth-order valence-corrected chi connectivity index (χ4v) is 3.06. The molecule has 0 bridgehead atoms. The molecule has 0 radical (unpaired) electrons. The van der Waals surface area contributed by atoms with E-state index < -0.39 is 0 Å². The lowest BCUT2D eigenvalue weighted by atomic mass is 9.97. The van der Waals surface area contributed by atoms with Crippen molar-refractivity contribution in [3.05, 3.63) is 65.3 Å². The van der Waals surface area contributed by atoms with E-state index in [4.69, 9.17) is 4.52 Å². The fourth-order valence-electron chi connectivity index (χ4n) is 3.06. The van der Waals surface area contributed by atoms with Gasteiger partial charge in [-0.05, 0) is 56.6 Å². The summed E-state index contributed by atoms with van der Waals surface area (Å²) in [5.74, 6) is 1.92. The van der Waals surface area contributed by atoms with E-state index in [1.54, 1.807) is 6.20 Å². The highest BCUT2D eigenvalue weighted by Gasteiger charge is 2.17. The van der Waals surface area contributed by atoms with Gasteiger partial charge in [-0.2, -0.15) is 4.98 Å². The minimum absolute atomic E-state index is 0.0559. The Morgan fingerprint density at radius 2 is 1.74 bits per heavy atom. The van der Waals surface area contributed by atoms with E-state index in [9.17, 15) is 0 Å². The van der Waals surface area contributed by atoms with Crippen molar-refractivity contribution in [2.45, 2.75) is 39.7 Å². The Balaban J connectivity index is 1.72. The minimum atomic E-state index is 0.0559.